The molecule has 1 aromatic rings. The first-order chi connectivity index (χ1) is 7.70. The third-order valence-electron chi connectivity index (χ3n) is 2.53. The minimum Gasteiger partial charge on any atom is -0.320 e. The van der Waals surface area contributed by atoms with Gasteiger partial charge in [0.1, 0.15) is 5.01 Å². The number of carbonyl (C=O) groups excluding carboxylic acids is 1. The minimum absolute atomic E-state index is 0. The Morgan fingerprint density at radius 2 is 2.29 bits per heavy atom. The molecule has 2 rings (SSSR count). The van der Waals surface area contributed by atoms with E-state index in [1.165, 1.54) is 24.2 Å². The summed E-state index contributed by atoms with van der Waals surface area (Å²) in [7, 11) is 0. The Balaban J connectivity index is 0.00000144. The first kappa shape index (κ1) is 14.3. The van der Waals surface area contributed by atoms with E-state index in [1.54, 1.807) is 0 Å². The van der Waals surface area contributed by atoms with Crippen molar-refractivity contribution in [3.63, 3.8) is 0 Å². The summed E-state index contributed by atoms with van der Waals surface area (Å²) >= 11 is 1.46. The van der Waals surface area contributed by atoms with Gasteiger partial charge in [-0.05, 0) is 19.3 Å². The van der Waals surface area contributed by atoms with Crippen LogP contribution in [-0.2, 0) is 4.79 Å². The highest BCUT2D eigenvalue weighted by molar-refractivity contribution is 7.15. The first-order valence-electron chi connectivity index (χ1n) is 5.60. The lowest BCUT2D eigenvalue weighted by molar-refractivity contribution is -0.117. The van der Waals surface area contributed by atoms with Crippen LogP contribution in [-0.4, -0.2) is 22.1 Å². The van der Waals surface area contributed by atoms with Gasteiger partial charge in [0.25, 0.3) is 0 Å². The molecule has 17 heavy (non-hydrogen) atoms. The summed E-state index contributed by atoms with van der Waals surface area (Å²) in [5.41, 5.74) is 5.70. The molecular weight excluding hydrogens is 260 g/mol. The van der Waals surface area contributed by atoms with Crippen LogP contribution in [0.2, 0.25) is 0 Å². The van der Waals surface area contributed by atoms with E-state index in [4.69, 9.17) is 5.73 Å². The van der Waals surface area contributed by atoms with Crippen LogP contribution in [0.5, 0.6) is 0 Å². The van der Waals surface area contributed by atoms with Crippen molar-refractivity contribution >= 4 is 34.8 Å². The lowest BCUT2D eigenvalue weighted by Gasteiger charge is -2.08. The first-order valence-corrected chi connectivity index (χ1v) is 6.42. The number of nitrogens with zero attached hydrogens (tertiary/aromatic N) is 2. The van der Waals surface area contributed by atoms with Crippen molar-refractivity contribution < 1.29 is 4.79 Å². The molecule has 1 aromatic heterocycles. The summed E-state index contributed by atoms with van der Waals surface area (Å²) in [6.45, 7) is 2.00. The van der Waals surface area contributed by atoms with E-state index in [0.717, 1.165) is 11.4 Å². The molecule has 0 aliphatic heterocycles. The molecule has 1 fully saturated rings. The minimum atomic E-state index is -0.446. The summed E-state index contributed by atoms with van der Waals surface area (Å²) < 4.78 is 0. The van der Waals surface area contributed by atoms with E-state index in [2.05, 4.69) is 15.5 Å². The summed E-state index contributed by atoms with van der Waals surface area (Å²) in [4.78, 5) is 11.6. The number of carbonyl (C=O) groups is 1. The molecule has 1 aliphatic carbocycles. The zero-order valence-electron chi connectivity index (χ0n) is 9.68. The zero-order chi connectivity index (χ0) is 11.5. The van der Waals surface area contributed by atoms with Crippen molar-refractivity contribution in [3.8, 4) is 0 Å². The molecule has 1 unspecified atom stereocenters. The Bertz CT molecular complexity index is 380. The molecule has 3 N–H and O–H groups in total. The highest BCUT2D eigenvalue weighted by Crippen LogP contribution is 2.41. The van der Waals surface area contributed by atoms with Gasteiger partial charge in [0.15, 0.2) is 0 Å². The van der Waals surface area contributed by atoms with E-state index in [-0.39, 0.29) is 18.3 Å². The SMILES string of the molecule is CCCC(N)C(=O)Nc1nnc(C2CC2)s1.Cl. The van der Waals surface area contributed by atoms with Crippen LogP contribution in [0.25, 0.3) is 0 Å². The number of hydrogen-bond acceptors (Lipinski definition) is 5. The Morgan fingerprint density at radius 3 is 2.88 bits per heavy atom. The average molecular weight is 277 g/mol. The van der Waals surface area contributed by atoms with E-state index in [0.29, 0.717) is 17.5 Å². The molecule has 5 nitrogen and oxygen atoms in total. The molecule has 1 heterocycles. The number of aromatic nitrogens is 2. The number of halogens is 1. The van der Waals surface area contributed by atoms with Crippen molar-refractivity contribution in [3.05, 3.63) is 5.01 Å². The molecule has 96 valence electrons. The summed E-state index contributed by atoms with van der Waals surface area (Å²) in [6, 6.07) is -0.446. The van der Waals surface area contributed by atoms with Gasteiger partial charge in [-0.1, -0.05) is 24.7 Å². The Morgan fingerprint density at radius 1 is 1.59 bits per heavy atom. The van der Waals surface area contributed by atoms with E-state index in [9.17, 15) is 4.79 Å². The van der Waals surface area contributed by atoms with Crippen molar-refractivity contribution in [2.24, 2.45) is 5.73 Å². The molecular formula is C10H17ClN4OS. The molecule has 0 saturated heterocycles. The maximum atomic E-state index is 11.6. The summed E-state index contributed by atoms with van der Waals surface area (Å²) in [6.07, 6.45) is 3.98. The second-order valence-electron chi connectivity index (χ2n) is 4.10. The normalized spacial score (nSPS) is 16.1. The van der Waals surface area contributed by atoms with Crippen molar-refractivity contribution in [1.82, 2.24) is 10.2 Å². The molecule has 0 spiro atoms. The largest absolute Gasteiger partial charge is 0.320 e. The second kappa shape index (κ2) is 6.28. The fourth-order valence-corrected chi connectivity index (χ4v) is 2.34. The topological polar surface area (TPSA) is 80.9 Å². The number of nitrogens with two attached hydrogens (primary N) is 1. The molecule has 7 heteroatoms. The van der Waals surface area contributed by atoms with Gasteiger partial charge < -0.3 is 5.73 Å². The van der Waals surface area contributed by atoms with Gasteiger partial charge in [-0.3, -0.25) is 10.1 Å². The van der Waals surface area contributed by atoms with Crippen molar-refractivity contribution in [2.45, 2.75) is 44.6 Å². The van der Waals surface area contributed by atoms with Crippen molar-refractivity contribution in [1.29, 1.82) is 0 Å². The smallest absolute Gasteiger partial charge is 0.243 e. The second-order valence-corrected chi connectivity index (χ2v) is 5.11. The average Bonchev–Trinajstić information content (AvgIpc) is 3.01. The number of nitrogens with one attached hydrogen (secondary N) is 1. The predicted molar refractivity (Wildman–Crippen MR) is 70.6 cm³/mol. The lowest BCUT2D eigenvalue weighted by Crippen LogP contribution is -2.35. The fraction of sp³-hybridized carbons (Fsp3) is 0.700. The third-order valence-corrected chi connectivity index (χ3v) is 3.53. The summed E-state index contributed by atoms with van der Waals surface area (Å²) in [5, 5.41) is 12.3. The van der Waals surface area contributed by atoms with E-state index in [1.807, 2.05) is 6.92 Å². The molecule has 1 amide bonds. The van der Waals surface area contributed by atoms with Gasteiger partial charge in [0, 0.05) is 5.92 Å². The van der Waals surface area contributed by atoms with Crippen LogP contribution >= 0.6 is 23.7 Å². The Hall–Kier alpha value is -0.720. The van der Waals surface area contributed by atoms with Gasteiger partial charge in [-0.15, -0.1) is 22.6 Å². The lowest BCUT2D eigenvalue weighted by atomic mass is 10.2. The standard InChI is InChI=1S/C10H16N4OS.ClH/c1-2-3-7(11)8(15)12-10-14-13-9(16-10)6-4-5-6;/h6-7H,2-5,11H2,1H3,(H,12,14,15);1H. The molecule has 0 bridgehead atoms. The van der Waals surface area contributed by atoms with Gasteiger partial charge in [0.05, 0.1) is 6.04 Å². The van der Waals surface area contributed by atoms with Crippen LogP contribution in [0.4, 0.5) is 5.13 Å². The maximum absolute atomic E-state index is 11.6. The van der Waals surface area contributed by atoms with Gasteiger partial charge in [-0.2, -0.15) is 0 Å². The summed E-state index contributed by atoms with van der Waals surface area (Å²) in [5.74, 6) is 0.410. The molecule has 0 radical (unpaired) electrons. The van der Waals surface area contributed by atoms with Crippen LogP contribution in [0.15, 0.2) is 0 Å². The number of amides is 1. The van der Waals surface area contributed by atoms with Gasteiger partial charge in [-0.25, -0.2) is 0 Å². The van der Waals surface area contributed by atoms with Gasteiger partial charge >= 0.3 is 0 Å². The monoisotopic (exact) mass is 276 g/mol. The van der Waals surface area contributed by atoms with Crippen LogP contribution in [0.3, 0.4) is 0 Å². The third kappa shape index (κ3) is 3.90. The number of anilines is 1. The quantitative estimate of drug-likeness (QED) is 0.861. The van der Waals surface area contributed by atoms with Crippen LogP contribution in [0, 0.1) is 0 Å². The number of rotatable bonds is 5. The van der Waals surface area contributed by atoms with E-state index < -0.39 is 6.04 Å². The zero-order valence-corrected chi connectivity index (χ0v) is 11.3. The number of hydrogen-bond donors (Lipinski definition) is 2. The van der Waals surface area contributed by atoms with Crippen LogP contribution < -0.4 is 11.1 Å². The highest BCUT2D eigenvalue weighted by atomic mass is 35.5. The van der Waals surface area contributed by atoms with Gasteiger partial charge in [0.2, 0.25) is 11.0 Å². The molecule has 1 atom stereocenters. The molecule has 1 saturated carbocycles. The molecule has 0 aromatic carbocycles. The van der Waals surface area contributed by atoms with Crippen molar-refractivity contribution in [2.75, 3.05) is 5.32 Å². The van der Waals surface area contributed by atoms with E-state index >= 15 is 0 Å². The predicted octanol–water partition coefficient (Wildman–Crippen LogP) is 1.90. The maximum Gasteiger partial charge on any atom is 0.243 e. The highest BCUT2D eigenvalue weighted by Gasteiger charge is 2.28. The fourth-order valence-electron chi connectivity index (χ4n) is 1.42. The Kier molecular flexibility index (Phi) is 5.30. The molecule has 1 aliphatic rings. The van der Waals surface area contributed by atoms with Crippen LogP contribution in [0.1, 0.15) is 43.5 Å². The Labute approximate surface area is 111 Å².